The Hall–Kier alpha value is -1.87. The van der Waals surface area contributed by atoms with Gasteiger partial charge in [-0.3, -0.25) is 4.79 Å². The van der Waals surface area contributed by atoms with E-state index in [9.17, 15) is 4.79 Å². The van der Waals surface area contributed by atoms with E-state index >= 15 is 0 Å². The highest BCUT2D eigenvalue weighted by atomic mass is 28.3. The minimum Gasteiger partial charge on any atom is -0.466 e. The molecule has 0 saturated heterocycles. The van der Waals surface area contributed by atoms with Crippen molar-refractivity contribution >= 4 is 19.2 Å². The maximum atomic E-state index is 12.2. The fourth-order valence-electron chi connectivity index (χ4n) is 5.23. The Morgan fingerprint density at radius 1 is 1.11 bits per heavy atom. The number of rotatable bonds is 6. The lowest BCUT2D eigenvalue weighted by Crippen LogP contribution is -2.54. The van der Waals surface area contributed by atoms with E-state index in [-0.39, 0.29) is 11.4 Å². The van der Waals surface area contributed by atoms with Crippen LogP contribution in [0.3, 0.4) is 0 Å². The fourth-order valence-corrected chi connectivity index (χ4v) is 9.44. The molecule has 0 bridgehead atoms. The van der Waals surface area contributed by atoms with Crippen LogP contribution in [0.5, 0.6) is 0 Å². The molecule has 1 aliphatic carbocycles. The van der Waals surface area contributed by atoms with Crippen molar-refractivity contribution in [2.45, 2.75) is 63.6 Å². The van der Waals surface area contributed by atoms with Crippen molar-refractivity contribution in [2.24, 2.45) is 0 Å². The topological polar surface area (TPSA) is 26.3 Å². The van der Waals surface area contributed by atoms with Crippen LogP contribution >= 0.6 is 0 Å². The molecule has 0 amide bonds. The smallest absolute Gasteiger partial charge is 0.305 e. The predicted octanol–water partition coefficient (Wildman–Crippen LogP) is 5.22. The van der Waals surface area contributed by atoms with Crippen LogP contribution in [0.25, 0.3) is 0 Å². The van der Waals surface area contributed by atoms with Crippen molar-refractivity contribution in [3.8, 4) is 0 Å². The lowest BCUT2D eigenvalue weighted by Gasteiger charge is -2.50. The third kappa shape index (κ3) is 3.89. The van der Waals surface area contributed by atoms with Gasteiger partial charge in [0, 0.05) is 6.42 Å². The normalized spacial score (nSPS) is 22.1. The number of carbonyl (C=O) groups is 1. The van der Waals surface area contributed by atoms with Crippen LogP contribution in [0.4, 0.5) is 0 Å². The molecule has 0 aromatic heterocycles. The van der Waals surface area contributed by atoms with Gasteiger partial charge in [0.1, 0.15) is 0 Å². The molecule has 2 nitrogen and oxygen atoms in total. The van der Waals surface area contributed by atoms with E-state index < -0.39 is 8.07 Å². The Labute approximate surface area is 165 Å². The summed E-state index contributed by atoms with van der Waals surface area (Å²) in [5, 5.41) is 1.51. The van der Waals surface area contributed by atoms with Gasteiger partial charge in [-0.2, -0.15) is 0 Å². The summed E-state index contributed by atoms with van der Waals surface area (Å²) in [6, 6.07) is 19.9. The Morgan fingerprint density at radius 2 is 1.78 bits per heavy atom. The van der Waals surface area contributed by atoms with Crippen LogP contribution in [-0.2, 0) is 21.4 Å². The van der Waals surface area contributed by atoms with Crippen molar-refractivity contribution in [1.82, 2.24) is 0 Å². The first kappa shape index (κ1) is 19.9. The summed E-state index contributed by atoms with van der Waals surface area (Å²) in [6.07, 6.45) is 3.69. The van der Waals surface area contributed by atoms with Crippen molar-refractivity contribution in [1.29, 1.82) is 0 Å². The van der Waals surface area contributed by atoms with E-state index in [0.29, 0.717) is 18.6 Å². The SMILES string of the molecule is CCOC(=O)CC[C@]1(C)c2ccccc2CC[C@@H]1[Si](C)(C)c1ccccc1. The van der Waals surface area contributed by atoms with E-state index in [2.05, 4.69) is 74.6 Å². The zero-order valence-electron chi connectivity index (χ0n) is 17.1. The van der Waals surface area contributed by atoms with Crippen LogP contribution < -0.4 is 5.19 Å². The molecule has 3 rings (SSSR count). The maximum Gasteiger partial charge on any atom is 0.305 e. The summed E-state index contributed by atoms with van der Waals surface area (Å²) in [6.45, 7) is 9.74. The first-order valence-corrected chi connectivity index (χ1v) is 13.3. The summed E-state index contributed by atoms with van der Waals surface area (Å²) in [5.74, 6) is -0.0697. The van der Waals surface area contributed by atoms with Crippen LogP contribution in [0.2, 0.25) is 18.6 Å². The van der Waals surface area contributed by atoms with Gasteiger partial charge >= 0.3 is 5.97 Å². The van der Waals surface area contributed by atoms with Crippen molar-refractivity contribution < 1.29 is 9.53 Å². The maximum absolute atomic E-state index is 12.2. The molecule has 2 atom stereocenters. The average Bonchev–Trinajstić information content (AvgIpc) is 2.68. The van der Waals surface area contributed by atoms with Gasteiger partial charge in [0.25, 0.3) is 0 Å². The molecule has 144 valence electrons. The lowest BCUT2D eigenvalue weighted by molar-refractivity contribution is -0.143. The first-order chi connectivity index (χ1) is 12.9. The molecule has 27 heavy (non-hydrogen) atoms. The zero-order chi connectivity index (χ0) is 19.5. The van der Waals surface area contributed by atoms with Gasteiger partial charge in [-0.05, 0) is 48.3 Å². The molecule has 2 aromatic carbocycles. The van der Waals surface area contributed by atoms with Crippen LogP contribution in [0.15, 0.2) is 54.6 Å². The van der Waals surface area contributed by atoms with Gasteiger partial charge in [0.2, 0.25) is 0 Å². The Morgan fingerprint density at radius 3 is 2.48 bits per heavy atom. The second kappa shape index (κ2) is 8.01. The Bertz CT molecular complexity index is 784. The molecule has 1 aliphatic rings. The summed E-state index contributed by atoms with van der Waals surface area (Å²) >= 11 is 0. The zero-order valence-corrected chi connectivity index (χ0v) is 18.1. The van der Waals surface area contributed by atoms with Crippen molar-refractivity contribution in [3.05, 3.63) is 65.7 Å². The molecule has 0 N–H and O–H groups in total. The molecule has 0 radical (unpaired) electrons. The van der Waals surface area contributed by atoms with Crippen molar-refractivity contribution in [2.75, 3.05) is 6.61 Å². The third-order valence-electron chi connectivity index (χ3n) is 6.65. The van der Waals surface area contributed by atoms with E-state index in [1.165, 1.54) is 22.7 Å². The predicted molar refractivity (Wildman–Crippen MR) is 115 cm³/mol. The molecule has 0 fully saturated rings. The molecule has 0 saturated carbocycles. The van der Waals surface area contributed by atoms with E-state index in [1.807, 2.05) is 6.92 Å². The number of carbonyl (C=O) groups excluding carboxylic acids is 1. The number of hydrogen-bond acceptors (Lipinski definition) is 2. The molecule has 3 heteroatoms. The quantitative estimate of drug-likeness (QED) is 0.507. The monoisotopic (exact) mass is 380 g/mol. The van der Waals surface area contributed by atoms with Crippen molar-refractivity contribution in [3.63, 3.8) is 0 Å². The Balaban J connectivity index is 2.00. The van der Waals surface area contributed by atoms with Gasteiger partial charge in [-0.1, -0.05) is 79.8 Å². The van der Waals surface area contributed by atoms with E-state index in [0.717, 1.165) is 12.8 Å². The molecule has 0 aliphatic heterocycles. The largest absolute Gasteiger partial charge is 0.466 e. The third-order valence-corrected chi connectivity index (χ3v) is 11.1. The Kier molecular flexibility index (Phi) is 5.90. The van der Waals surface area contributed by atoms with E-state index in [1.54, 1.807) is 0 Å². The first-order valence-electron chi connectivity index (χ1n) is 10.2. The highest BCUT2D eigenvalue weighted by molar-refractivity contribution is 6.91. The molecule has 0 heterocycles. The highest BCUT2D eigenvalue weighted by Crippen LogP contribution is 2.52. The summed E-state index contributed by atoms with van der Waals surface area (Å²) in [4.78, 5) is 12.2. The highest BCUT2D eigenvalue weighted by Gasteiger charge is 2.48. The summed E-state index contributed by atoms with van der Waals surface area (Å²) < 4.78 is 5.24. The standard InChI is InChI=1S/C24H32O2Si/c1-5-26-23(25)17-18-24(2)21-14-10-9-11-19(21)15-16-22(24)27(3,4)20-12-7-6-8-13-20/h6-14,22H,5,15-18H2,1-4H3/t22-,24+/m0/s1. The number of esters is 1. The second-order valence-corrected chi connectivity index (χ2v) is 13.3. The number of hydrogen-bond donors (Lipinski definition) is 0. The van der Waals surface area contributed by atoms with Gasteiger partial charge in [-0.15, -0.1) is 0 Å². The number of fused-ring (bicyclic) bond motifs is 1. The molecular weight excluding hydrogens is 348 g/mol. The van der Waals surface area contributed by atoms with Crippen LogP contribution in [0, 0.1) is 0 Å². The van der Waals surface area contributed by atoms with Gasteiger partial charge in [0.15, 0.2) is 0 Å². The minimum atomic E-state index is -1.73. The van der Waals surface area contributed by atoms with Gasteiger partial charge < -0.3 is 4.74 Å². The fraction of sp³-hybridized carbons (Fsp3) is 0.458. The van der Waals surface area contributed by atoms with Gasteiger partial charge in [-0.25, -0.2) is 0 Å². The average molecular weight is 381 g/mol. The van der Waals surface area contributed by atoms with Crippen LogP contribution in [-0.4, -0.2) is 20.7 Å². The second-order valence-electron chi connectivity index (χ2n) is 8.56. The van der Waals surface area contributed by atoms with Crippen LogP contribution in [0.1, 0.15) is 44.2 Å². The number of aryl methyl sites for hydroxylation is 1. The lowest BCUT2D eigenvalue weighted by atomic mass is 9.68. The van der Waals surface area contributed by atoms with E-state index in [4.69, 9.17) is 4.74 Å². The number of ether oxygens (including phenoxy) is 1. The minimum absolute atomic E-state index is 0.00711. The number of benzene rings is 2. The molecule has 0 unspecified atom stereocenters. The molecule has 2 aromatic rings. The molecule has 0 spiro atoms. The summed E-state index contributed by atoms with van der Waals surface area (Å²) in [5.41, 5.74) is 3.50. The summed E-state index contributed by atoms with van der Waals surface area (Å²) in [7, 11) is -1.73. The molecular formula is C24H32O2Si. The van der Waals surface area contributed by atoms with Gasteiger partial charge in [0.05, 0.1) is 14.7 Å².